The maximum Gasteiger partial charge on any atom is 0.161 e. The smallest absolute Gasteiger partial charge is 0.161 e. The second-order valence-electron chi connectivity index (χ2n) is 6.42. The van der Waals surface area contributed by atoms with Gasteiger partial charge in [0.25, 0.3) is 0 Å². The quantitative estimate of drug-likeness (QED) is 0.937. The molecule has 3 rings (SSSR count). The summed E-state index contributed by atoms with van der Waals surface area (Å²) in [5, 5.41) is 0. The Morgan fingerprint density at radius 3 is 2.26 bits per heavy atom. The molecule has 0 saturated heterocycles. The van der Waals surface area contributed by atoms with Crippen molar-refractivity contribution in [1.82, 2.24) is 0 Å². The summed E-state index contributed by atoms with van der Waals surface area (Å²) in [6.45, 7) is 8.37. The molecule has 23 heavy (non-hydrogen) atoms. The highest BCUT2D eigenvalue weighted by molar-refractivity contribution is 5.46. The van der Waals surface area contributed by atoms with Crippen LogP contribution >= 0.6 is 0 Å². The average Bonchev–Trinajstić information content (AvgIpc) is 2.54. The molecule has 0 bridgehead atoms. The van der Waals surface area contributed by atoms with E-state index in [2.05, 4.69) is 45.0 Å². The molecule has 0 spiro atoms. The van der Waals surface area contributed by atoms with Crippen molar-refractivity contribution in [3.05, 3.63) is 58.1 Å². The van der Waals surface area contributed by atoms with Crippen LogP contribution < -0.4 is 15.2 Å². The van der Waals surface area contributed by atoms with Crippen LogP contribution in [0.5, 0.6) is 11.5 Å². The van der Waals surface area contributed by atoms with Gasteiger partial charge >= 0.3 is 0 Å². The van der Waals surface area contributed by atoms with Gasteiger partial charge in [0.2, 0.25) is 0 Å². The van der Waals surface area contributed by atoms with Crippen molar-refractivity contribution >= 4 is 0 Å². The number of nitrogens with two attached hydrogens (primary N) is 1. The van der Waals surface area contributed by atoms with E-state index in [0.717, 1.165) is 17.9 Å². The normalized spacial score (nSPS) is 14.6. The zero-order valence-electron chi connectivity index (χ0n) is 14.2. The van der Waals surface area contributed by atoms with Crippen molar-refractivity contribution in [2.24, 2.45) is 5.73 Å². The molecule has 2 aromatic rings. The van der Waals surface area contributed by atoms with Crippen LogP contribution in [0.3, 0.4) is 0 Å². The van der Waals surface area contributed by atoms with Gasteiger partial charge in [0.05, 0.1) is 0 Å². The van der Waals surface area contributed by atoms with Gasteiger partial charge < -0.3 is 15.2 Å². The minimum Gasteiger partial charge on any atom is -0.486 e. The van der Waals surface area contributed by atoms with Gasteiger partial charge in [-0.05, 0) is 68.1 Å². The molecule has 2 N–H and O–H groups in total. The van der Waals surface area contributed by atoms with Gasteiger partial charge in [-0.25, -0.2) is 0 Å². The molecule has 0 radical (unpaired) electrons. The van der Waals surface area contributed by atoms with Crippen LogP contribution in [-0.2, 0) is 6.42 Å². The number of ether oxygens (including phenoxy) is 2. The van der Waals surface area contributed by atoms with E-state index in [1.807, 2.05) is 6.07 Å². The minimum absolute atomic E-state index is 0.283. The van der Waals surface area contributed by atoms with Crippen LogP contribution in [-0.4, -0.2) is 19.8 Å². The first kappa shape index (κ1) is 15.9. The van der Waals surface area contributed by atoms with Crippen LogP contribution in [0.15, 0.2) is 30.3 Å². The van der Waals surface area contributed by atoms with Gasteiger partial charge in [-0.1, -0.05) is 23.8 Å². The molecular formula is C20H25NO2. The Hall–Kier alpha value is -2.00. The summed E-state index contributed by atoms with van der Waals surface area (Å²) >= 11 is 0. The van der Waals surface area contributed by atoms with Gasteiger partial charge in [0.1, 0.15) is 13.2 Å². The standard InChI is InChI=1S/C20H25NO2/c1-13-8-14(2)18(15(3)9-13)10-17(12-21)16-4-5-19-20(11-16)23-7-6-22-19/h4-5,8-9,11,17H,6-7,10,12,21H2,1-3H3. The summed E-state index contributed by atoms with van der Waals surface area (Å²) in [7, 11) is 0. The molecule has 1 aliphatic heterocycles. The molecule has 1 aliphatic rings. The van der Waals surface area contributed by atoms with Crippen LogP contribution in [0, 0.1) is 20.8 Å². The highest BCUT2D eigenvalue weighted by Crippen LogP contribution is 2.34. The summed E-state index contributed by atoms with van der Waals surface area (Å²) in [4.78, 5) is 0. The van der Waals surface area contributed by atoms with E-state index in [9.17, 15) is 0 Å². The van der Waals surface area contributed by atoms with Crippen molar-refractivity contribution in [1.29, 1.82) is 0 Å². The Kier molecular flexibility index (Phi) is 4.58. The number of benzene rings is 2. The van der Waals surface area contributed by atoms with Gasteiger partial charge in [0, 0.05) is 5.92 Å². The SMILES string of the molecule is Cc1cc(C)c(CC(CN)c2ccc3c(c2)OCCO3)c(C)c1. The van der Waals surface area contributed by atoms with Crippen LogP contribution in [0.25, 0.3) is 0 Å². The first-order valence-corrected chi connectivity index (χ1v) is 8.25. The summed E-state index contributed by atoms with van der Waals surface area (Å²) in [6, 6.07) is 10.7. The average molecular weight is 311 g/mol. The molecule has 1 unspecified atom stereocenters. The minimum atomic E-state index is 0.283. The molecular weight excluding hydrogens is 286 g/mol. The lowest BCUT2D eigenvalue weighted by Gasteiger charge is -2.23. The predicted octanol–water partition coefficient (Wildman–Crippen LogP) is 3.67. The highest BCUT2D eigenvalue weighted by atomic mass is 16.6. The largest absolute Gasteiger partial charge is 0.486 e. The maximum absolute atomic E-state index is 6.09. The second-order valence-corrected chi connectivity index (χ2v) is 6.42. The van der Waals surface area contributed by atoms with Crippen molar-refractivity contribution in [3.63, 3.8) is 0 Å². The topological polar surface area (TPSA) is 44.5 Å². The summed E-state index contributed by atoms with van der Waals surface area (Å²) < 4.78 is 11.3. The molecule has 0 aliphatic carbocycles. The molecule has 2 aromatic carbocycles. The lowest BCUT2D eigenvalue weighted by atomic mass is 9.87. The molecule has 3 heteroatoms. The fraction of sp³-hybridized carbons (Fsp3) is 0.400. The zero-order valence-corrected chi connectivity index (χ0v) is 14.2. The Morgan fingerprint density at radius 1 is 0.957 bits per heavy atom. The Morgan fingerprint density at radius 2 is 1.61 bits per heavy atom. The van der Waals surface area contributed by atoms with E-state index < -0.39 is 0 Å². The third kappa shape index (κ3) is 3.35. The number of hydrogen-bond acceptors (Lipinski definition) is 3. The first-order valence-electron chi connectivity index (χ1n) is 8.25. The van der Waals surface area contributed by atoms with Crippen LogP contribution in [0.1, 0.15) is 33.7 Å². The summed E-state index contributed by atoms with van der Waals surface area (Å²) in [6.07, 6.45) is 0.952. The predicted molar refractivity (Wildman–Crippen MR) is 93.6 cm³/mol. The van der Waals surface area contributed by atoms with E-state index >= 15 is 0 Å². The second kappa shape index (κ2) is 6.63. The van der Waals surface area contributed by atoms with Crippen LogP contribution in [0.2, 0.25) is 0 Å². The van der Waals surface area contributed by atoms with Crippen molar-refractivity contribution in [2.45, 2.75) is 33.1 Å². The van der Waals surface area contributed by atoms with Gasteiger partial charge in [0.15, 0.2) is 11.5 Å². The van der Waals surface area contributed by atoms with E-state index in [1.165, 1.54) is 27.8 Å². The molecule has 0 aromatic heterocycles. The van der Waals surface area contributed by atoms with Gasteiger partial charge in [-0.2, -0.15) is 0 Å². The first-order chi connectivity index (χ1) is 11.1. The summed E-state index contributed by atoms with van der Waals surface area (Å²) in [5.41, 5.74) is 12.7. The Labute approximate surface area is 138 Å². The Bertz CT molecular complexity index is 686. The van der Waals surface area contributed by atoms with Gasteiger partial charge in [-0.3, -0.25) is 0 Å². The molecule has 0 saturated carbocycles. The maximum atomic E-state index is 6.09. The van der Waals surface area contributed by atoms with Crippen molar-refractivity contribution in [2.75, 3.05) is 19.8 Å². The molecule has 122 valence electrons. The third-order valence-corrected chi connectivity index (χ3v) is 4.61. The molecule has 1 atom stereocenters. The third-order valence-electron chi connectivity index (χ3n) is 4.61. The summed E-state index contributed by atoms with van der Waals surface area (Å²) in [5.74, 6) is 1.95. The Balaban J connectivity index is 1.89. The number of hydrogen-bond donors (Lipinski definition) is 1. The monoisotopic (exact) mass is 311 g/mol. The van der Waals surface area contributed by atoms with E-state index in [1.54, 1.807) is 0 Å². The molecule has 1 heterocycles. The van der Waals surface area contributed by atoms with Crippen LogP contribution in [0.4, 0.5) is 0 Å². The van der Waals surface area contributed by atoms with Crippen molar-refractivity contribution in [3.8, 4) is 11.5 Å². The van der Waals surface area contributed by atoms with E-state index in [4.69, 9.17) is 15.2 Å². The van der Waals surface area contributed by atoms with E-state index in [0.29, 0.717) is 19.8 Å². The fourth-order valence-electron chi connectivity index (χ4n) is 3.43. The zero-order chi connectivity index (χ0) is 16.4. The fourth-order valence-corrected chi connectivity index (χ4v) is 3.43. The van der Waals surface area contributed by atoms with Gasteiger partial charge in [-0.15, -0.1) is 0 Å². The molecule has 0 amide bonds. The number of rotatable bonds is 4. The highest BCUT2D eigenvalue weighted by Gasteiger charge is 2.18. The number of aryl methyl sites for hydroxylation is 3. The van der Waals surface area contributed by atoms with E-state index in [-0.39, 0.29) is 5.92 Å². The number of fused-ring (bicyclic) bond motifs is 1. The molecule has 3 nitrogen and oxygen atoms in total. The van der Waals surface area contributed by atoms with Crippen molar-refractivity contribution < 1.29 is 9.47 Å². The lowest BCUT2D eigenvalue weighted by Crippen LogP contribution is -2.18. The molecule has 0 fully saturated rings. The lowest BCUT2D eigenvalue weighted by molar-refractivity contribution is 0.171.